The maximum absolute atomic E-state index is 13.4. The van der Waals surface area contributed by atoms with Crippen LogP contribution in [0.5, 0.6) is 0 Å². The van der Waals surface area contributed by atoms with Crippen molar-refractivity contribution in [3.05, 3.63) is 35.4 Å². The number of aryl methyl sites for hydroxylation is 1. The lowest BCUT2D eigenvalue weighted by Crippen LogP contribution is -2.52. The summed E-state index contributed by atoms with van der Waals surface area (Å²) in [5.74, 6) is 0.687. The first-order valence-corrected chi connectivity index (χ1v) is 11.7. The van der Waals surface area contributed by atoms with Gasteiger partial charge < -0.3 is 9.80 Å². The highest BCUT2D eigenvalue weighted by Gasteiger charge is 2.42. The van der Waals surface area contributed by atoms with Gasteiger partial charge in [-0.15, -0.1) is 0 Å². The van der Waals surface area contributed by atoms with E-state index in [0.717, 1.165) is 45.4 Å². The van der Waals surface area contributed by atoms with Crippen LogP contribution in [-0.2, 0) is 21.4 Å². The first-order chi connectivity index (χ1) is 14.0. The van der Waals surface area contributed by atoms with Crippen LogP contribution in [0.4, 0.5) is 0 Å². The third-order valence-corrected chi connectivity index (χ3v) is 7.48. The summed E-state index contributed by atoms with van der Waals surface area (Å²) in [6.07, 6.45) is 8.83. The van der Waals surface area contributed by atoms with Gasteiger partial charge >= 0.3 is 0 Å². The molecular weight excluding hydrogens is 360 g/mol. The van der Waals surface area contributed by atoms with Gasteiger partial charge in [-0.25, -0.2) is 0 Å². The van der Waals surface area contributed by atoms with Gasteiger partial charge in [0.05, 0.1) is 0 Å². The number of hydrogen-bond acceptors (Lipinski definition) is 2. The van der Waals surface area contributed by atoms with Gasteiger partial charge in [0.25, 0.3) is 0 Å². The molecule has 0 radical (unpaired) electrons. The van der Waals surface area contributed by atoms with Crippen LogP contribution in [0.3, 0.4) is 0 Å². The first-order valence-electron chi connectivity index (χ1n) is 11.7. The van der Waals surface area contributed by atoms with Crippen molar-refractivity contribution < 1.29 is 9.59 Å². The van der Waals surface area contributed by atoms with Crippen LogP contribution in [0.15, 0.2) is 24.3 Å². The lowest BCUT2D eigenvalue weighted by Gasteiger charge is -2.45. The van der Waals surface area contributed by atoms with E-state index in [-0.39, 0.29) is 23.2 Å². The van der Waals surface area contributed by atoms with Crippen molar-refractivity contribution >= 4 is 11.8 Å². The molecule has 2 amide bonds. The van der Waals surface area contributed by atoms with Crippen molar-refractivity contribution in [3.63, 3.8) is 0 Å². The van der Waals surface area contributed by atoms with Crippen molar-refractivity contribution in [3.8, 4) is 0 Å². The van der Waals surface area contributed by atoms with E-state index in [4.69, 9.17) is 0 Å². The number of piperidine rings is 2. The number of likely N-dealkylation sites (tertiary alicyclic amines) is 2. The number of hydrogen-bond donors (Lipinski definition) is 0. The quantitative estimate of drug-likeness (QED) is 0.753. The standard InChI is InChI=1S/C25H36N2O2/c1-19(2)23(28)26-16-11-21(12-17-26)24(29)27-15-7-14-25(18-27)13-6-5-9-20-8-3-4-10-22(20)25/h3-4,8,10,19,21H,5-7,9,11-18H2,1-2H3. The second-order valence-corrected chi connectivity index (χ2v) is 9.76. The predicted octanol–water partition coefficient (Wildman–Crippen LogP) is 4.17. The smallest absolute Gasteiger partial charge is 0.225 e. The van der Waals surface area contributed by atoms with E-state index >= 15 is 0 Å². The molecule has 158 valence electrons. The maximum Gasteiger partial charge on any atom is 0.225 e. The molecule has 1 atom stereocenters. The third-order valence-electron chi connectivity index (χ3n) is 7.48. The Morgan fingerprint density at radius 2 is 1.69 bits per heavy atom. The van der Waals surface area contributed by atoms with E-state index < -0.39 is 0 Å². The molecule has 3 aliphatic rings. The minimum absolute atomic E-state index is 0.0412. The summed E-state index contributed by atoms with van der Waals surface area (Å²) in [6, 6.07) is 8.96. The van der Waals surface area contributed by atoms with Gasteiger partial charge in [0.1, 0.15) is 0 Å². The molecule has 29 heavy (non-hydrogen) atoms. The molecule has 1 spiro atoms. The summed E-state index contributed by atoms with van der Waals surface area (Å²) in [7, 11) is 0. The zero-order valence-electron chi connectivity index (χ0n) is 18.2. The van der Waals surface area contributed by atoms with Crippen LogP contribution in [0.2, 0.25) is 0 Å². The van der Waals surface area contributed by atoms with E-state index in [1.54, 1.807) is 0 Å². The van der Waals surface area contributed by atoms with E-state index in [1.807, 2.05) is 18.7 Å². The van der Waals surface area contributed by atoms with Crippen LogP contribution in [0.1, 0.15) is 69.9 Å². The average Bonchev–Trinajstić information content (AvgIpc) is 2.92. The van der Waals surface area contributed by atoms with E-state index in [2.05, 4.69) is 29.2 Å². The summed E-state index contributed by atoms with van der Waals surface area (Å²) in [5.41, 5.74) is 3.15. The van der Waals surface area contributed by atoms with E-state index in [1.165, 1.54) is 43.2 Å². The average molecular weight is 397 g/mol. The molecule has 1 aromatic carbocycles. The van der Waals surface area contributed by atoms with Gasteiger partial charge in [-0.05, 0) is 56.1 Å². The molecule has 0 saturated carbocycles. The monoisotopic (exact) mass is 396 g/mol. The fourth-order valence-corrected chi connectivity index (χ4v) is 5.88. The van der Waals surface area contributed by atoms with Crippen molar-refractivity contribution in [1.82, 2.24) is 9.80 Å². The summed E-state index contributed by atoms with van der Waals surface area (Å²) in [4.78, 5) is 29.8. The molecule has 4 heteroatoms. The summed E-state index contributed by atoms with van der Waals surface area (Å²) in [6.45, 7) is 7.15. The molecule has 2 saturated heterocycles. The molecule has 1 aliphatic carbocycles. The zero-order valence-corrected chi connectivity index (χ0v) is 18.2. The Bertz CT molecular complexity index is 751. The normalized spacial score (nSPS) is 25.8. The van der Waals surface area contributed by atoms with Crippen LogP contribution in [0, 0.1) is 11.8 Å². The molecule has 2 heterocycles. The Morgan fingerprint density at radius 1 is 0.966 bits per heavy atom. The summed E-state index contributed by atoms with van der Waals surface area (Å²) >= 11 is 0. The van der Waals surface area contributed by atoms with Crippen molar-refractivity contribution in [1.29, 1.82) is 0 Å². The van der Waals surface area contributed by atoms with Gasteiger partial charge in [-0.1, -0.05) is 44.5 Å². The van der Waals surface area contributed by atoms with Crippen LogP contribution >= 0.6 is 0 Å². The number of amides is 2. The zero-order chi connectivity index (χ0) is 20.4. The molecule has 0 bridgehead atoms. The van der Waals surface area contributed by atoms with Gasteiger partial charge in [-0.3, -0.25) is 9.59 Å². The Kier molecular flexibility index (Phi) is 5.98. The largest absolute Gasteiger partial charge is 0.342 e. The van der Waals surface area contributed by atoms with Crippen LogP contribution < -0.4 is 0 Å². The number of fused-ring (bicyclic) bond motifs is 2. The number of benzene rings is 1. The Balaban J connectivity index is 1.45. The second-order valence-electron chi connectivity index (χ2n) is 9.76. The van der Waals surface area contributed by atoms with Crippen LogP contribution in [0.25, 0.3) is 0 Å². The minimum Gasteiger partial charge on any atom is -0.342 e. The molecule has 0 aromatic heterocycles. The van der Waals surface area contributed by atoms with Gasteiger partial charge in [-0.2, -0.15) is 0 Å². The topological polar surface area (TPSA) is 40.6 Å². The van der Waals surface area contributed by atoms with Crippen molar-refractivity contribution in [2.75, 3.05) is 26.2 Å². The molecule has 1 unspecified atom stereocenters. The lowest BCUT2D eigenvalue weighted by atomic mass is 9.70. The Hall–Kier alpha value is -1.84. The molecule has 2 aliphatic heterocycles. The number of carbonyl (C=O) groups excluding carboxylic acids is 2. The Labute approximate surface area is 175 Å². The molecular formula is C25H36N2O2. The number of rotatable bonds is 2. The van der Waals surface area contributed by atoms with E-state index in [9.17, 15) is 9.59 Å². The van der Waals surface area contributed by atoms with Crippen LogP contribution in [-0.4, -0.2) is 47.8 Å². The van der Waals surface area contributed by atoms with Crippen molar-refractivity contribution in [2.24, 2.45) is 11.8 Å². The fraction of sp³-hybridized carbons (Fsp3) is 0.680. The minimum atomic E-state index is 0.0412. The first kappa shape index (κ1) is 20.4. The predicted molar refractivity (Wildman–Crippen MR) is 116 cm³/mol. The number of nitrogens with zero attached hydrogens (tertiary/aromatic N) is 2. The fourth-order valence-electron chi connectivity index (χ4n) is 5.88. The highest BCUT2D eigenvalue weighted by Crippen LogP contribution is 2.43. The van der Waals surface area contributed by atoms with Gasteiger partial charge in [0, 0.05) is 43.4 Å². The highest BCUT2D eigenvalue weighted by molar-refractivity contribution is 5.81. The van der Waals surface area contributed by atoms with Gasteiger partial charge in [0.2, 0.25) is 11.8 Å². The molecule has 1 aromatic rings. The lowest BCUT2D eigenvalue weighted by molar-refractivity contribution is -0.143. The summed E-state index contributed by atoms with van der Waals surface area (Å²) in [5, 5.41) is 0. The Morgan fingerprint density at radius 3 is 2.45 bits per heavy atom. The molecule has 4 nitrogen and oxygen atoms in total. The molecule has 2 fully saturated rings. The SMILES string of the molecule is CC(C)C(=O)N1CCC(C(=O)N2CCCC3(CCCCc4ccccc43)C2)CC1. The van der Waals surface area contributed by atoms with Crippen molar-refractivity contribution in [2.45, 2.75) is 70.6 Å². The third kappa shape index (κ3) is 4.08. The second kappa shape index (κ2) is 8.49. The molecule has 0 N–H and O–H groups in total. The maximum atomic E-state index is 13.4. The number of carbonyl (C=O) groups is 2. The summed E-state index contributed by atoms with van der Waals surface area (Å²) < 4.78 is 0. The molecule has 4 rings (SSSR count). The van der Waals surface area contributed by atoms with E-state index in [0.29, 0.717) is 5.91 Å². The van der Waals surface area contributed by atoms with Gasteiger partial charge in [0.15, 0.2) is 0 Å². The highest BCUT2D eigenvalue weighted by atomic mass is 16.2.